The molecule has 0 N–H and O–H groups in total. The molecule has 0 amide bonds. The molecule has 0 aliphatic carbocycles. The number of esters is 3. The fourth-order valence-corrected chi connectivity index (χ4v) is 9.09. The Kier molecular flexibility index (Phi) is 60.3. The van der Waals surface area contributed by atoms with Gasteiger partial charge in [0, 0.05) is 19.3 Å². The van der Waals surface area contributed by atoms with Crippen LogP contribution in [-0.2, 0) is 28.6 Å². The van der Waals surface area contributed by atoms with E-state index >= 15 is 0 Å². The Bertz CT molecular complexity index is 1430. The Morgan fingerprint density at radius 2 is 0.520 bits per heavy atom. The number of allylic oxidation sites excluding steroid dienone is 14. The molecule has 0 saturated heterocycles. The summed E-state index contributed by atoms with van der Waals surface area (Å²) in [5.41, 5.74) is 0. The summed E-state index contributed by atoms with van der Waals surface area (Å²) >= 11 is 0. The second-order valence-electron chi connectivity index (χ2n) is 21.3. The van der Waals surface area contributed by atoms with Gasteiger partial charge in [0.25, 0.3) is 0 Å². The van der Waals surface area contributed by atoms with E-state index in [1.165, 1.54) is 173 Å². The number of carbonyl (C=O) groups excluding carboxylic acids is 3. The Labute approximate surface area is 465 Å². The first-order valence-electron chi connectivity index (χ1n) is 32.1. The molecule has 75 heavy (non-hydrogen) atoms. The van der Waals surface area contributed by atoms with Gasteiger partial charge in [-0.3, -0.25) is 14.4 Å². The molecule has 0 aromatic heterocycles. The summed E-state index contributed by atoms with van der Waals surface area (Å²) < 4.78 is 16.9. The molecule has 0 rings (SSSR count). The number of rotatable bonds is 58. The second-order valence-corrected chi connectivity index (χ2v) is 21.3. The quantitative estimate of drug-likeness (QED) is 0.0261. The van der Waals surface area contributed by atoms with E-state index in [2.05, 4.69) is 106 Å². The number of unbranched alkanes of at least 4 members (excludes halogenated alkanes) is 33. The van der Waals surface area contributed by atoms with Crippen molar-refractivity contribution in [3.05, 3.63) is 85.1 Å². The minimum atomic E-state index is -0.781. The topological polar surface area (TPSA) is 78.9 Å². The average molecular weight is 1050 g/mol. The highest BCUT2D eigenvalue weighted by Crippen LogP contribution is 2.16. The summed E-state index contributed by atoms with van der Waals surface area (Å²) in [6.07, 6.45) is 83.0. The van der Waals surface area contributed by atoms with Crippen molar-refractivity contribution in [2.45, 2.75) is 322 Å². The Morgan fingerprint density at radius 1 is 0.280 bits per heavy atom. The molecule has 0 fully saturated rings. The fraction of sp³-hybridized carbons (Fsp3) is 0.754. The molecular formula is C69H120O6. The summed E-state index contributed by atoms with van der Waals surface area (Å²) in [5, 5.41) is 0. The van der Waals surface area contributed by atoms with Crippen LogP contribution in [0.5, 0.6) is 0 Å². The van der Waals surface area contributed by atoms with Crippen molar-refractivity contribution in [2.24, 2.45) is 0 Å². The first-order valence-corrected chi connectivity index (χ1v) is 32.1. The third-order valence-electron chi connectivity index (χ3n) is 13.9. The molecule has 0 saturated carbocycles. The second kappa shape index (κ2) is 63.1. The summed E-state index contributed by atoms with van der Waals surface area (Å²) in [6, 6.07) is 0. The molecule has 6 heteroatoms. The zero-order valence-electron chi connectivity index (χ0n) is 49.6. The van der Waals surface area contributed by atoms with Crippen LogP contribution >= 0.6 is 0 Å². The Hall–Kier alpha value is -3.41. The summed E-state index contributed by atoms with van der Waals surface area (Å²) in [7, 11) is 0. The van der Waals surface area contributed by atoms with E-state index < -0.39 is 6.10 Å². The van der Waals surface area contributed by atoms with E-state index in [0.717, 1.165) is 103 Å². The van der Waals surface area contributed by atoms with E-state index in [4.69, 9.17) is 14.2 Å². The van der Waals surface area contributed by atoms with Crippen molar-refractivity contribution in [2.75, 3.05) is 13.2 Å². The van der Waals surface area contributed by atoms with Crippen LogP contribution in [0, 0.1) is 0 Å². The van der Waals surface area contributed by atoms with Crippen molar-refractivity contribution in [1.82, 2.24) is 0 Å². The van der Waals surface area contributed by atoms with Gasteiger partial charge in [0.1, 0.15) is 13.2 Å². The molecule has 0 spiro atoms. The van der Waals surface area contributed by atoms with Gasteiger partial charge in [0.2, 0.25) is 0 Å². The summed E-state index contributed by atoms with van der Waals surface area (Å²) in [6.45, 7) is 6.53. The van der Waals surface area contributed by atoms with Gasteiger partial charge in [0.05, 0.1) is 0 Å². The molecule has 0 aromatic carbocycles. The highest BCUT2D eigenvalue weighted by Gasteiger charge is 2.19. The third kappa shape index (κ3) is 61.3. The maximum Gasteiger partial charge on any atom is 0.306 e. The molecule has 1 atom stereocenters. The van der Waals surface area contributed by atoms with E-state index in [0.29, 0.717) is 19.3 Å². The largest absolute Gasteiger partial charge is 0.462 e. The van der Waals surface area contributed by atoms with Gasteiger partial charge in [0.15, 0.2) is 6.10 Å². The van der Waals surface area contributed by atoms with Crippen LogP contribution in [0.1, 0.15) is 316 Å². The van der Waals surface area contributed by atoms with Gasteiger partial charge >= 0.3 is 17.9 Å². The lowest BCUT2D eigenvalue weighted by Crippen LogP contribution is -2.30. The lowest BCUT2D eigenvalue weighted by Gasteiger charge is -2.18. The molecule has 0 aromatic rings. The average Bonchev–Trinajstić information content (AvgIpc) is 3.41. The molecule has 0 aliphatic rings. The van der Waals surface area contributed by atoms with Crippen LogP contribution in [0.25, 0.3) is 0 Å². The van der Waals surface area contributed by atoms with Crippen LogP contribution in [0.3, 0.4) is 0 Å². The van der Waals surface area contributed by atoms with E-state index in [1.807, 2.05) is 0 Å². The van der Waals surface area contributed by atoms with Crippen LogP contribution in [0.15, 0.2) is 85.1 Å². The molecular weight excluding hydrogens is 925 g/mol. The highest BCUT2D eigenvalue weighted by molar-refractivity contribution is 5.71. The van der Waals surface area contributed by atoms with Crippen LogP contribution in [0.4, 0.5) is 0 Å². The van der Waals surface area contributed by atoms with Gasteiger partial charge in [-0.15, -0.1) is 0 Å². The van der Waals surface area contributed by atoms with Gasteiger partial charge in [-0.05, 0) is 96.3 Å². The number of hydrogen-bond acceptors (Lipinski definition) is 6. The van der Waals surface area contributed by atoms with E-state index in [-0.39, 0.29) is 31.1 Å². The lowest BCUT2D eigenvalue weighted by molar-refractivity contribution is -0.167. The van der Waals surface area contributed by atoms with Gasteiger partial charge in [-0.2, -0.15) is 0 Å². The normalized spacial score (nSPS) is 12.6. The molecule has 0 aliphatic heterocycles. The minimum absolute atomic E-state index is 0.0772. The number of carbonyl (C=O) groups is 3. The summed E-state index contributed by atoms with van der Waals surface area (Å²) in [5.74, 6) is -0.875. The zero-order valence-corrected chi connectivity index (χ0v) is 49.6. The maximum absolute atomic E-state index is 12.9. The van der Waals surface area contributed by atoms with Crippen molar-refractivity contribution in [1.29, 1.82) is 0 Å². The first kappa shape index (κ1) is 71.6. The first-order chi connectivity index (χ1) is 37.0. The third-order valence-corrected chi connectivity index (χ3v) is 13.9. The fourth-order valence-electron chi connectivity index (χ4n) is 9.09. The molecule has 6 nitrogen and oxygen atoms in total. The Morgan fingerprint density at radius 3 is 0.827 bits per heavy atom. The predicted molar refractivity (Wildman–Crippen MR) is 325 cm³/mol. The molecule has 0 heterocycles. The van der Waals surface area contributed by atoms with Gasteiger partial charge in [-0.25, -0.2) is 0 Å². The van der Waals surface area contributed by atoms with Crippen molar-refractivity contribution >= 4 is 17.9 Å². The number of hydrogen-bond donors (Lipinski definition) is 0. The van der Waals surface area contributed by atoms with Crippen molar-refractivity contribution in [3.8, 4) is 0 Å². The van der Waals surface area contributed by atoms with Crippen molar-refractivity contribution in [3.63, 3.8) is 0 Å². The minimum Gasteiger partial charge on any atom is -0.462 e. The molecule has 1 unspecified atom stereocenters. The van der Waals surface area contributed by atoms with Crippen LogP contribution in [0.2, 0.25) is 0 Å². The summed E-state index contributed by atoms with van der Waals surface area (Å²) in [4.78, 5) is 38.3. The molecule has 0 bridgehead atoms. The smallest absolute Gasteiger partial charge is 0.306 e. The van der Waals surface area contributed by atoms with Crippen LogP contribution < -0.4 is 0 Å². The van der Waals surface area contributed by atoms with Gasteiger partial charge < -0.3 is 14.2 Å². The Balaban J connectivity index is 4.28. The lowest BCUT2D eigenvalue weighted by atomic mass is 10.0. The van der Waals surface area contributed by atoms with E-state index in [1.54, 1.807) is 0 Å². The monoisotopic (exact) mass is 1040 g/mol. The van der Waals surface area contributed by atoms with Gasteiger partial charge in [-0.1, -0.05) is 286 Å². The standard InChI is InChI=1S/C69H120O6/c1-4-7-10-13-16-19-22-25-27-29-31-32-33-34-35-36-37-38-39-41-42-44-47-50-53-56-59-62-68(71)74-65-66(64-73-67(70)61-58-55-52-49-46-24-21-18-15-12-9-6-3)75-69(72)63-60-57-54-51-48-45-43-40-30-28-26-23-20-17-14-11-8-5-2/h7,10,16,19-20,23,25,27-28,30-32,34-35,66H,4-6,8-9,11-15,17-18,21-22,24,26,29,33,36-65H2,1-3H3/b10-7-,19-16-,23-20-,27-25-,30-28-,32-31-,35-34-. The van der Waals surface area contributed by atoms with Crippen LogP contribution in [-0.4, -0.2) is 37.2 Å². The number of ether oxygens (including phenoxy) is 3. The van der Waals surface area contributed by atoms with E-state index in [9.17, 15) is 14.4 Å². The van der Waals surface area contributed by atoms with Crippen molar-refractivity contribution < 1.29 is 28.6 Å². The highest BCUT2D eigenvalue weighted by atomic mass is 16.6. The zero-order chi connectivity index (χ0) is 54.3. The maximum atomic E-state index is 12.9. The molecule has 432 valence electrons. The SMILES string of the molecule is CC/C=C\C/C=C\C/C=C\C/C=C\C/C=C\CCCCCCCCCCCCCC(=O)OCC(COC(=O)CCCCCCCCCCCCCC)OC(=O)CCCCCCCCC/C=C\C/C=C\CCCCCC. The predicted octanol–water partition coefficient (Wildman–Crippen LogP) is 21.9. The molecule has 0 radical (unpaired) electrons.